The lowest BCUT2D eigenvalue weighted by Crippen LogP contribution is -2.33. The Hall–Kier alpha value is -4.01. The molecule has 12 atom stereocenters. The monoisotopic (exact) mass is 1040 g/mol. The molecule has 5 aromatic heterocycles. The third kappa shape index (κ3) is 10.9. The van der Waals surface area contributed by atoms with Crippen LogP contribution >= 0.6 is 21.3 Å². The van der Waals surface area contributed by atoms with E-state index in [1.54, 1.807) is 0 Å². The van der Waals surface area contributed by atoms with Crippen LogP contribution in [-0.4, -0.2) is 131 Å². The number of hydrogen-bond donors (Lipinski definition) is 9. The maximum absolute atomic E-state index is 12.7. The van der Waals surface area contributed by atoms with Crippen molar-refractivity contribution in [2.75, 3.05) is 37.9 Å². The van der Waals surface area contributed by atoms with Gasteiger partial charge in [0.1, 0.15) is 43.1 Å². The fourth-order valence-corrected chi connectivity index (χ4v) is 11.5. The average molecular weight is 1040 g/mol. The molecule has 8 heterocycles. The minimum absolute atomic E-state index is 0.0184. The molecule has 0 aliphatic carbocycles. The summed E-state index contributed by atoms with van der Waals surface area (Å²) < 4.78 is 68.2. The Kier molecular flexibility index (Phi) is 14.3. The van der Waals surface area contributed by atoms with Crippen LogP contribution in [0.2, 0.25) is 0 Å². The standard InChI is InChI=1S/C32H43N12O18P3S2/c1-3-54-63(50,51)60-15-5-20(42-7-13(2)27(46)41-32(42)49)58-18(15)9-55-65(53,67)62-16-6-22(44-12-36-24-26(44)38-31(34)40-29(24)48)59-19(16)10-56-64(52,66)61-14-4-21(57-17(14)8-45)43-11-35-23-25(43)37-30(33)39-28(23)47/h7,11-12,14-22,45H,3-6,8-10H2,1-2H3,(H,50,51)(H,52,66)(H,53,67)(H,41,46,49)(H3,33,37,39,47)(H3,34,38,40,48)/t14-,15-,16-,17-,18-,19-,20-,21-,22-,64?,65?/m1/s1. The number of nitrogen functional groups attached to an aromatic ring is 2. The van der Waals surface area contributed by atoms with Crippen molar-refractivity contribution in [2.24, 2.45) is 0 Å². The van der Waals surface area contributed by atoms with Gasteiger partial charge in [-0.05, 0) is 37.5 Å². The number of nitrogens with zero attached hydrogens (tertiary/aromatic N) is 7. The lowest BCUT2D eigenvalue weighted by Gasteiger charge is -2.27. The van der Waals surface area contributed by atoms with Crippen molar-refractivity contribution in [3.8, 4) is 0 Å². The molecule has 366 valence electrons. The van der Waals surface area contributed by atoms with E-state index in [1.807, 2.05) is 0 Å². The first-order chi connectivity index (χ1) is 31.6. The Labute approximate surface area is 384 Å². The van der Waals surface area contributed by atoms with E-state index in [0.29, 0.717) is 0 Å². The van der Waals surface area contributed by atoms with Gasteiger partial charge in [0.15, 0.2) is 22.3 Å². The molecule has 0 amide bonds. The number of phosphoric acid groups is 1. The number of aliphatic hydroxyl groups excluding tert-OH is 1. The molecule has 35 heteroatoms. The van der Waals surface area contributed by atoms with Crippen molar-refractivity contribution < 1.29 is 65.7 Å². The van der Waals surface area contributed by atoms with Crippen molar-refractivity contribution in [1.82, 2.24) is 48.6 Å². The first-order valence-electron chi connectivity index (χ1n) is 19.9. The number of rotatable bonds is 18. The third-order valence-electron chi connectivity index (χ3n) is 10.6. The fourth-order valence-electron chi connectivity index (χ4n) is 7.62. The molecule has 3 aliphatic heterocycles. The summed E-state index contributed by atoms with van der Waals surface area (Å²) in [4.78, 5) is 106. The number of nitrogens with two attached hydrogens (primary N) is 2. The van der Waals surface area contributed by atoms with Gasteiger partial charge in [0.2, 0.25) is 11.9 Å². The van der Waals surface area contributed by atoms with Gasteiger partial charge in [-0.25, -0.2) is 19.3 Å². The molecule has 30 nitrogen and oxygen atoms in total. The molecular weight excluding hydrogens is 997 g/mol. The van der Waals surface area contributed by atoms with Crippen LogP contribution in [0.5, 0.6) is 0 Å². The largest absolute Gasteiger partial charge is 0.472 e. The Morgan fingerprint density at radius 1 is 0.716 bits per heavy atom. The third-order valence-corrected chi connectivity index (χ3v) is 14.9. The number of nitrogens with one attached hydrogen (secondary N) is 3. The fraction of sp³-hybridized carbons (Fsp3) is 0.562. The number of aromatic amines is 3. The highest BCUT2D eigenvalue weighted by Crippen LogP contribution is 2.53. The molecule has 3 saturated heterocycles. The number of aryl methyl sites for hydroxylation is 1. The minimum Gasteiger partial charge on any atom is -0.394 e. The highest BCUT2D eigenvalue weighted by molar-refractivity contribution is 8.07. The molecule has 11 N–H and O–H groups in total. The molecule has 3 unspecified atom stereocenters. The molecule has 3 fully saturated rings. The number of anilines is 2. The van der Waals surface area contributed by atoms with E-state index < -0.39 is 119 Å². The SMILES string of the molecule is CCOP(=O)(O)O[C@@H]1C[C@H](n2cc(C)c(=O)[nH]c2=O)O[C@@H]1COP(O)(=S)O[C@@H]1C[C@H](n2cnc3c(=O)[nH]c(N)nc32)O[C@@H]1COP(O)(=S)O[C@@H]1C[C@H](n2cnc3c(=O)[nH]c(N)nc32)O[C@@H]1CO. The smallest absolute Gasteiger partial charge is 0.394 e. The normalized spacial score (nSPS) is 28.2. The summed E-state index contributed by atoms with van der Waals surface area (Å²) in [5, 5.41) is 10.2. The molecule has 0 radical (unpaired) electrons. The maximum Gasteiger partial charge on any atom is 0.472 e. The zero-order valence-electron chi connectivity index (χ0n) is 34.8. The second-order valence-corrected chi connectivity index (χ2v) is 22.1. The van der Waals surface area contributed by atoms with Crippen LogP contribution in [0.1, 0.15) is 50.4 Å². The summed E-state index contributed by atoms with van der Waals surface area (Å²) in [5.74, 6) is -0.402. The van der Waals surface area contributed by atoms with Gasteiger partial charge in [-0.15, -0.1) is 0 Å². The zero-order valence-corrected chi connectivity index (χ0v) is 39.1. The number of hydrogen-bond acceptors (Lipinski definition) is 23. The predicted octanol–water partition coefficient (Wildman–Crippen LogP) is -1.11. The summed E-state index contributed by atoms with van der Waals surface area (Å²) in [6, 6.07) is 0. The van der Waals surface area contributed by atoms with Crippen molar-refractivity contribution in [3.63, 3.8) is 0 Å². The highest BCUT2D eigenvalue weighted by Gasteiger charge is 2.46. The number of fused-ring (bicyclic) bond motifs is 2. The van der Waals surface area contributed by atoms with Crippen molar-refractivity contribution in [1.29, 1.82) is 0 Å². The van der Waals surface area contributed by atoms with E-state index in [1.165, 1.54) is 41.8 Å². The lowest BCUT2D eigenvalue weighted by atomic mass is 10.2. The van der Waals surface area contributed by atoms with Gasteiger partial charge in [-0.3, -0.25) is 52.1 Å². The molecule has 0 bridgehead atoms. The second kappa shape index (κ2) is 19.4. The van der Waals surface area contributed by atoms with Crippen molar-refractivity contribution in [2.45, 2.75) is 88.4 Å². The molecule has 3 aliphatic rings. The van der Waals surface area contributed by atoms with Crippen LogP contribution in [0, 0.1) is 6.92 Å². The number of aliphatic hydroxyl groups is 1. The van der Waals surface area contributed by atoms with E-state index in [4.69, 9.17) is 76.4 Å². The molecule has 5 aromatic rings. The molecule has 0 spiro atoms. The Morgan fingerprint density at radius 2 is 1.16 bits per heavy atom. The van der Waals surface area contributed by atoms with E-state index in [2.05, 4.69) is 34.9 Å². The summed E-state index contributed by atoms with van der Waals surface area (Å²) in [5.41, 5.74) is 8.99. The first-order valence-corrected chi connectivity index (χ1v) is 26.6. The van der Waals surface area contributed by atoms with Gasteiger partial charge >= 0.3 is 26.9 Å². The van der Waals surface area contributed by atoms with Crippen LogP contribution < -0.4 is 33.8 Å². The Bertz CT molecular complexity index is 3060. The van der Waals surface area contributed by atoms with Crippen LogP contribution in [0.3, 0.4) is 0 Å². The predicted molar refractivity (Wildman–Crippen MR) is 235 cm³/mol. The number of phosphoric ester groups is 1. The minimum atomic E-state index is -4.68. The summed E-state index contributed by atoms with van der Waals surface area (Å²) in [6.07, 6.45) is -6.92. The van der Waals surface area contributed by atoms with Crippen LogP contribution in [0.15, 0.2) is 38.0 Å². The van der Waals surface area contributed by atoms with E-state index >= 15 is 0 Å². The second-order valence-electron chi connectivity index (χ2n) is 15.2. The van der Waals surface area contributed by atoms with Crippen LogP contribution in [0.4, 0.5) is 11.9 Å². The van der Waals surface area contributed by atoms with E-state index in [9.17, 15) is 43.5 Å². The number of ether oxygens (including phenoxy) is 3. The molecule has 0 saturated carbocycles. The molecule has 8 rings (SSSR count). The number of H-pyrrole nitrogens is 3. The molecular formula is C32H43N12O18P3S2. The van der Waals surface area contributed by atoms with Gasteiger partial charge in [0.25, 0.3) is 16.7 Å². The molecule has 67 heavy (non-hydrogen) atoms. The van der Waals surface area contributed by atoms with Crippen LogP contribution in [0.25, 0.3) is 22.3 Å². The summed E-state index contributed by atoms with van der Waals surface area (Å²) in [6.45, 7) is -7.73. The summed E-state index contributed by atoms with van der Waals surface area (Å²) in [7, 11) is -4.68. The maximum atomic E-state index is 12.7. The highest BCUT2D eigenvalue weighted by atomic mass is 32.5. The van der Waals surface area contributed by atoms with Crippen molar-refractivity contribution in [3.05, 3.63) is 66.0 Å². The number of imidazole rings is 2. The topological polar surface area (TPSA) is 415 Å². The molecule has 0 aromatic carbocycles. The van der Waals surface area contributed by atoms with Crippen LogP contribution in [-0.2, 0) is 69.5 Å². The van der Waals surface area contributed by atoms with Gasteiger partial charge in [0.05, 0.1) is 51.3 Å². The van der Waals surface area contributed by atoms with Gasteiger partial charge < -0.3 is 63.6 Å². The summed E-state index contributed by atoms with van der Waals surface area (Å²) >= 11 is 10.8. The van der Waals surface area contributed by atoms with Gasteiger partial charge in [-0.1, -0.05) is 0 Å². The van der Waals surface area contributed by atoms with E-state index in [0.717, 1.165) is 4.57 Å². The first kappa shape index (κ1) is 49.4. The Morgan fingerprint density at radius 3 is 1.64 bits per heavy atom. The Balaban J connectivity index is 0.989. The lowest BCUT2D eigenvalue weighted by molar-refractivity contribution is -0.0543. The van der Waals surface area contributed by atoms with Gasteiger partial charge in [0, 0.05) is 31.0 Å². The average Bonchev–Trinajstić information content (AvgIpc) is 4.08. The number of aromatic nitrogens is 10. The van der Waals surface area contributed by atoms with E-state index in [-0.39, 0.29) is 65.7 Å². The van der Waals surface area contributed by atoms with Gasteiger partial charge in [-0.2, -0.15) is 9.97 Å². The quantitative estimate of drug-likeness (QED) is 0.0470. The van der Waals surface area contributed by atoms with Crippen molar-refractivity contribution >= 4 is 79.1 Å². The zero-order chi connectivity index (χ0) is 48.2.